The summed E-state index contributed by atoms with van der Waals surface area (Å²) in [5, 5.41) is 19.4. The minimum Gasteiger partial charge on any atom is -0.259 e. The predicted molar refractivity (Wildman–Crippen MR) is 126 cm³/mol. The van der Waals surface area contributed by atoms with Gasteiger partial charge in [-0.05, 0) is 29.2 Å². The predicted octanol–water partition coefficient (Wildman–Crippen LogP) is 4.64. The molecule has 1 aliphatic carbocycles. The van der Waals surface area contributed by atoms with Crippen molar-refractivity contribution < 1.29 is 0 Å². The highest BCUT2D eigenvalue weighted by atomic mass is 15.5. The van der Waals surface area contributed by atoms with Crippen molar-refractivity contribution in [1.29, 1.82) is 0 Å². The molecule has 5 rings (SSSR count). The fraction of sp³-hybridized carbons (Fsp3) is 0.440. The second-order valence-corrected chi connectivity index (χ2v) is 8.88. The third kappa shape index (κ3) is 4.99. The maximum absolute atomic E-state index is 4.90. The van der Waals surface area contributed by atoms with Crippen molar-refractivity contribution >= 4 is 0 Å². The molecule has 0 bridgehead atoms. The van der Waals surface area contributed by atoms with Crippen LogP contribution in [0.25, 0.3) is 22.5 Å². The lowest BCUT2D eigenvalue weighted by Gasteiger charge is -2.19. The van der Waals surface area contributed by atoms with Crippen LogP contribution in [-0.4, -0.2) is 40.4 Å². The molecular formula is C25H30N8. The van der Waals surface area contributed by atoms with E-state index in [0.29, 0.717) is 12.4 Å². The average Bonchev–Trinajstić information content (AvgIpc) is 3.51. The van der Waals surface area contributed by atoms with Gasteiger partial charge in [0, 0.05) is 30.2 Å². The summed E-state index contributed by atoms with van der Waals surface area (Å²) in [4.78, 5) is 9.64. The third-order valence-electron chi connectivity index (χ3n) is 6.42. The first-order valence-corrected chi connectivity index (χ1v) is 12.0. The maximum atomic E-state index is 4.90. The summed E-state index contributed by atoms with van der Waals surface area (Å²) in [7, 11) is 0. The van der Waals surface area contributed by atoms with Crippen LogP contribution in [0.4, 0.5) is 0 Å². The number of hydrogen-bond acceptors (Lipinski definition) is 6. The second-order valence-electron chi connectivity index (χ2n) is 8.88. The quantitative estimate of drug-likeness (QED) is 0.427. The Hall–Kier alpha value is -3.42. The van der Waals surface area contributed by atoms with Gasteiger partial charge in [0.2, 0.25) is 5.82 Å². The number of rotatable bonds is 8. The molecule has 0 spiro atoms. The Bertz CT molecular complexity index is 1160. The minimum absolute atomic E-state index is 0.576. The molecular weight excluding hydrogens is 412 g/mol. The number of benzene rings is 1. The smallest absolute Gasteiger partial charge is 0.205 e. The molecule has 4 aromatic rings. The van der Waals surface area contributed by atoms with E-state index < -0.39 is 0 Å². The van der Waals surface area contributed by atoms with Gasteiger partial charge >= 0.3 is 0 Å². The van der Waals surface area contributed by atoms with Crippen molar-refractivity contribution in [3.8, 4) is 22.5 Å². The van der Waals surface area contributed by atoms with Crippen molar-refractivity contribution in [1.82, 2.24) is 40.4 Å². The van der Waals surface area contributed by atoms with Crippen molar-refractivity contribution in [2.45, 2.75) is 64.8 Å². The lowest BCUT2D eigenvalue weighted by atomic mass is 9.87. The fourth-order valence-corrected chi connectivity index (χ4v) is 4.73. The number of aromatic nitrogens is 8. The summed E-state index contributed by atoms with van der Waals surface area (Å²) >= 11 is 0. The maximum Gasteiger partial charge on any atom is 0.205 e. The van der Waals surface area contributed by atoms with E-state index in [0.717, 1.165) is 59.2 Å². The van der Waals surface area contributed by atoms with Crippen LogP contribution in [0.3, 0.4) is 0 Å². The Morgan fingerprint density at radius 1 is 1.03 bits per heavy atom. The van der Waals surface area contributed by atoms with Gasteiger partial charge in [-0.1, -0.05) is 69.4 Å². The van der Waals surface area contributed by atoms with E-state index in [-0.39, 0.29) is 0 Å². The summed E-state index contributed by atoms with van der Waals surface area (Å²) in [5.41, 5.74) is 3.95. The number of nitrogens with zero attached hydrogens (tertiary/aromatic N) is 7. The molecule has 1 aliphatic rings. The largest absolute Gasteiger partial charge is 0.259 e. The van der Waals surface area contributed by atoms with E-state index in [2.05, 4.69) is 50.4 Å². The summed E-state index contributed by atoms with van der Waals surface area (Å²) in [6, 6.07) is 12.2. The monoisotopic (exact) mass is 442 g/mol. The van der Waals surface area contributed by atoms with Gasteiger partial charge in [0.05, 0.1) is 12.2 Å². The van der Waals surface area contributed by atoms with Gasteiger partial charge in [-0.2, -0.15) is 10.3 Å². The third-order valence-corrected chi connectivity index (χ3v) is 6.42. The fourth-order valence-electron chi connectivity index (χ4n) is 4.73. The van der Waals surface area contributed by atoms with Crippen molar-refractivity contribution in [2.24, 2.45) is 5.92 Å². The first-order chi connectivity index (χ1) is 16.3. The molecule has 1 aromatic carbocycles. The number of aromatic amines is 1. The van der Waals surface area contributed by atoms with Crippen LogP contribution < -0.4 is 0 Å². The van der Waals surface area contributed by atoms with Gasteiger partial charge in [-0.15, -0.1) is 10.2 Å². The molecule has 1 fully saturated rings. The molecule has 3 heterocycles. The lowest BCUT2D eigenvalue weighted by Crippen LogP contribution is -2.11. The highest BCUT2D eigenvalue weighted by Gasteiger charge is 2.18. The Morgan fingerprint density at radius 3 is 2.61 bits per heavy atom. The first kappa shape index (κ1) is 21.4. The molecule has 1 saturated carbocycles. The number of aryl methyl sites for hydroxylation is 1. The van der Waals surface area contributed by atoms with Crippen LogP contribution in [0.2, 0.25) is 0 Å². The van der Waals surface area contributed by atoms with Crippen LogP contribution in [0.1, 0.15) is 62.8 Å². The molecule has 0 atom stereocenters. The van der Waals surface area contributed by atoms with Gasteiger partial charge in [0.25, 0.3) is 0 Å². The molecule has 170 valence electrons. The molecule has 3 aromatic heterocycles. The standard InChI is InChI=1S/C25H30N8/c1-2-8-24-27-23(15-18-9-4-3-5-10-18)30-33(24)17-20-14-13-19(16-26-20)21-11-6-7-12-22(21)25-28-31-32-29-25/h6-7,11-14,16,18H,2-5,8-10,15,17H2,1H3,(H,28,29,31,32). The molecule has 8 heteroatoms. The van der Waals surface area contributed by atoms with E-state index in [1.165, 1.54) is 32.1 Å². The zero-order chi connectivity index (χ0) is 22.5. The molecule has 33 heavy (non-hydrogen) atoms. The summed E-state index contributed by atoms with van der Waals surface area (Å²) in [6.45, 7) is 2.83. The highest BCUT2D eigenvalue weighted by molar-refractivity contribution is 5.79. The Morgan fingerprint density at radius 2 is 1.88 bits per heavy atom. The van der Waals surface area contributed by atoms with Crippen LogP contribution in [0.5, 0.6) is 0 Å². The molecule has 1 N–H and O–H groups in total. The van der Waals surface area contributed by atoms with Gasteiger partial charge in [-0.25, -0.2) is 9.67 Å². The number of nitrogens with one attached hydrogen (secondary N) is 1. The lowest BCUT2D eigenvalue weighted by molar-refractivity contribution is 0.351. The average molecular weight is 443 g/mol. The summed E-state index contributed by atoms with van der Waals surface area (Å²) in [6.07, 6.45) is 11.6. The topological polar surface area (TPSA) is 98.1 Å². The molecule has 0 unspecified atom stereocenters. The van der Waals surface area contributed by atoms with Crippen LogP contribution in [0, 0.1) is 5.92 Å². The summed E-state index contributed by atoms with van der Waals surface area (Å²) < 4.78 is 2.05. The molecule has 0 aliphatic heterocycles. The van der Waals surface area contributed by atoms with Gasteiger partial charge in [-0.3, -0.25) is 4.98 Å². The van der Waals surface area contributed by atoms with Crippen LogP contribution in [-0.2, 0) is 19.4 Å². The highest BCUT2D eigenvalue weighted by Crippen LogP contribution is 2.29. The van der Waals surface area contributed by atoms with Crippen molar-refractivity contribution in [2.75, 3.05) is 0 Å². The van der Waals surface area contributed by atoms with E-state index in [1.54, 1.807) is 0 Å². The Balaban J connectivity index is 1.34. The van der Waals surface area contributed by atoms with E-state index >= 15 is 0 Å². The number of tetrazole rings is 1. The van der Waals surface area contributed by atoms with Gasteiger partial charge in [0.1, 0.15) is 5.82 Å². The van der Waals surface area contributed by atoms with Crippen LogP contribution in [0.15, 0.2) is 42.6 Å². The first-order valence-electron chi connectivity index (χ1n) is 12.0. The van der Waals surface area contributed by atoms with Crippen molar-refractivity contribution in [3.63, 3.8) is 0 Å². The summed E-state index contributed by atoms with van der Waals surface area (Å²) in [5.74, 6) is 3.38. The zero-order valence-electron chi connectivity index (χ0n) is 19.1. The number of pyridine rings is 1. The van der Waals surface area contributed by atoms with Gasteiger partial charge in [0.15, 0.2) is 5.82 Å². The van der Waals surface area contributed by atoms with E-state index in [1.807, 2.05) is 24.4 Å². The van der Waals surface area contributed by atoms with Crippen molar-refractivity contribution in [3.05, 3.63) is 59.9 Å². The van der Waals surface area contributed by atoms with Gasteiger partial charge < -0.3 is 0 Å². The minimum atomic E-state index is 0.576. The second kappa shape index (κ2) is 10.0. The zero-order valence-corrected chi connectivity index (χ0v) is 19.1. The molecule has 0 saturated heterocycles. The Labute approximate surface area is 193 Å². The van der Waals surface area contributed by atoms with E-state index in [4.69, 9.17) is 15.1 Å². The van der Waals surface area contributed by atoms with E-state index in [9.17, 15) is 0 Å². The number of hydrogen-bond donors (Lipinski definition) is 1. The Kier molecular flexibility index (Phi) is 6.51. The molecule has 8 nitrogen and oxygen atoms in total. The molecule has 0 amide bonds. The molecule has 0 radical (unpaired) electrons. The SMILES string of the molecule is CCCc1nc(CC2CCCCC2)nn1Cc1ccc(-c2ccccc2-c2nn[nH]n2)cn1. The number of H-pyrrole nitrogens is 1. The normalized spacial score (nSPS) is 14.6. The van der Waals surface area contributed by atoms with Crippen LogP contribution >= 0.6 is 0 Å².